The average molecular weight is 370 g/mol. The number of aryl methyl sites for hydroxylation is 1. The van der Waals surface area contributed by atoms with Crippen LogP contribution in [0.3, 0.4) is 0 Å². The van der Waals surface area contributed by atoms with Gasteiger partial charge in [0, 0.05) is 19.7 Å². The second-order valence-corrected chi connectivity index (χ2v) is 5.83. The van der Waals surface area contributed by atoms with Crippen molar-refractivity contribution in [2.45, 2.75) is 13.5 Å². The van der Waals surface area contributed by atoms with Gasteiger partial charge in [0.15, 0.2) is 0 Å². The van der Waals surface area contributed by atoms with E-state index >= 15 is 0 Å². The maximum atomic E-state index is 13.6. The van der Waals surface area contributed by atoms with Gasteiger partial charge in [0.05, 0.1) is 14.9 Å². The van der Waals surface area contributed by atoms with Gasteiger partial charge in [0.1, 0.15) is 5.82 Å². The molecule has 2 nitrogen and oxygen atoms in total. The minimum atomic E-state index is -0.235. The third-order valence-corrected chi connectivity index (χ3v) is 3.81. The van der Waals surface area contributed by atoms with Crippen molar-refractivity contribution in [2.24, 2.45) is 0 Å². The summed E-state index contributed by atoms with van der Waals surface area (Å²) in [5.41, 5.74) is 9.68. The van der Waals surface area contributed by atoms with E-state index in [4.69, 9.17) is 5.73 Å². The summed E-state index contributed by atoms with van der Waals surface area (Å²) in [6.45, 7) is 2.76. The van der Waals surface area contributed by atoms with E-state index in [1.54, 1.807) is 6.07 Å². The van der Waals surface area contributed by atoms with E-state index in [9.17, 15) is 4.39 Å². The molecule has 0 radical (unpaired) electrons. The molecule has 0 aliphatic heterocycles. The SMILES string of the molecule is Cc1cccc(CN(C)c2cc(F)c(I)cc2N)c1. The quantitative estimate of drug-likeness (QED) is 0.655. The van der Waals surface area contributed by atoms with Crippen LogP contribution in [-0.4, -0.2) is 7.05 Å². The van der Waals surface area contributed by atoms with E-state index in [-0.39, 0.29) is 5.82 Å². The summed E-state index contributed by atoms with van der Waals surface area (Å²) in [7, 11) is 1.92. The Labute approximate surface area is 126 Å². The zero-order valence-electron chi connectivity index (χ0n) is 11.0. The van der Waals surface area contributed by atoms with E-state index in [0.29, 0.717) is 15.8 Å². The molecule has 0 saturated carbocycles. The Balaban J connectivity index is 2.25. The van der Waals surface area contributed by atoms with Crippen molar-refractivity contribution < 1.29 is 4.39 Å². The van der Waals surface area contributed by atoms with Crippen molar-refractivity contribution in [3.8, 4) is 0 Å². The summed E-state index contributed by atoms with van der Waals surface area (Å²) in [5, 5.41) is 0. The highest BCUT2D eigenvalue weighted by Crippen LogP contribution is 2.27. The molecular formula is C15H16FIN2. The Morgan fingerprint density at radius 3 is 2.68 bits per heavy atom. The first kappa shape index (κ1) is 14.1. The lowest BCUT2D eigenvalue weighted by molar-refractivity contribution is 0.620. The van der Waals surface area contributed by atoms with Gasteiger partial charge in [-0.1, -0.05) is 29.8 Å². The number of hydrogen-bond donors (Lipinski definition) is 1. The van der Waals surface area contributed by atoms with Gasteiger partial charge in [-0.25, -0.2) is 4.39 Å². The molecule has 19 heavy (non-hydrogen) atoms. The molecule has 0 aromatic heterocycles. The zero-order chi connectivity index (χ0) is 14.0. The lowest BCUT2D eigenvalue weighted by Gasteiger charge is -2.22. The van der Waals surface area contributed by atoms with Gasteiger partial charge < -0.3 is 10.6 Å². The lowest BCUT2D eigenvalue weighted by atomic mass is 10.1. The highest BCUT2D eigenvalue weighted by molar-refractivity contribution is 14.1. The number of halogens is 2. The number of benzene rings is 2. The molecule has 0 unspecified atom stereocenters. The molecule has 2 N–H and O–H groups in total. The largest absolute Gasteiger partial charge is 0.397 e. The van der Waals surface area contributed by atoms with Crippen LogP contribution in [0.25, 0.3) is 0 Å². The molecule has 0 aliphatic carbocycles. The van der Waals surface area contributed by atoms with Crippen LogP contribution < -0.4 is 10.6 Å². The Morgan fingerprint density at radius 1 is 1.26 bits per heavy atom. The first-order valence-electron chi connectivity index (χ1n) is 5.98. The van der Waals surface area contributed by atoms with Gasteiger partial charge in [-0.2, -0.15) is 0 Å². The number of rotatable bonds is 3. The van der Waals surface area contributed by atoms with E-state index in [1.165, 1.54) is 17.2 Å². The molecule has 0 fully saturated rings. The zero-order valence-corrected chi connectivity index (χ0v) is 13.1. The Kier molecular flexibility index (Phi) is 4.29. The summed E-state index contributed by atoms with van der Waals surface area (Å²) in [6, 6.07) is 11.4. The fourth-order valence-electron chi connectivity index (χ4n) is 2.05. The summed E-state index contributed by atoms with van der Waals surface area (Å²) >= 11 is 1.94. The smallest absolute Gasteiger partial charge is 0.138 e. The summed E-state index contributed by atoms with van der Waals surface area (Å²) in [6.07, 6.45) is 0. The molecule has 0 aliphatic rings. The molecule has 0 amide bonds. The maximum Gasteiger partial charge on any atom is 0.138 e. The van der Waals surface area contributed by atoms with Gasteiger partial charge in [-0.3, -0.25) is 0 Å². The van der Waals surface area contributed by atoms with Crippen molar-refractivity contribution in [3.05, 3.63) is 56.9 Å². The summed E-state index contributed by atoms with van der Waals surface area (Å²) < 4.78 is 14.2. The predicted octanol–water partition coefficient (Wildman–Crippen LogP) is 3.96. The topological polar surface area (TPSA) is 29.3 Å². The van der Waals surface area contributed by atoms with Gasteiger partial charge in [0.2, 0.25) is 0 Å². The number of hydrogen-bond acceptors (Lipinski definition) is 2. The average Bonchev–Trinajstić information content (AvgIpc) is 2.33. The van der Waals surface area contributed by atoms with Crippen LogP contribution in [0, 0.1) is 16.3 Å². The Bertz CT molecular complexity index is 599. The molecule has 2 rings (SSSR count). The monoisotopic (exact) mass is 370 g/mol. The molecule has 0 bridgehead atoms. The first-order chi connectivity index (χ1) is 8.97. The van der Waals surface area contributed by atoms with Crippen LogP contribution in [0.15, 0.2) is 36.4 Å². The van der Waals surface area contributed by atoms with Crippen LogP contribution in [0.4, 0.5) is 15.8 Å². The second kappa shape index (κ2) is 5.77. The molecule has 100 valence electrons. The van der Waals surface area contributed by atoms with E-state index < -0.39 is 0 Å². The van der Waals surface area contributed by atoms with Gasteiger partial charge >= 0.3 is 0 Å². The molecular weight excluding hydrogens is 354 g/mol. The van der Waals surface area contributed by atoms with Crippen LogP contribution in [0.1, 0.15) is 11.1 Å². The standard InChI is InChI=1S/C15H16FIN2/c1-10-4-3-5-11(6-10)9-19(2)15-7-12(16)13(17)8-14(15)18/h3-8H,9,18H2,1-2H3. The van der Waals surface area contributed by atoms with E-state index in [2.05, 4.69) is 25.1 Å². The Hall–Kier alpha value is -1.30. The molecule has 0 heterocycles. The molecule has 0 saturated heterocycles. The van der Waals surface area contributed by atoms with Crippen LogP contribution in [0.5, 0.6) is 0 Å². The van der Waals surface area contributed by atoms with Crippen molar-refractivity contribution in [2.75, 3.05) is 17.7 Å². The molecule has 0 atom stereocenters. The van der Waals surface area contributed by atoms with E-state index in [1.807, 2.05) is 40.6 Å². The number of nitrogens with two attached hydrogens (primary N) is 1. The van der Waals surface area contributed by atoms with Crippen molar-refractivity contribution in [1.82, 2.24) is 0 Å². The highest BCUT2D eigenvalue weighted by Gasteiger charge is 2.10. The van der Waals surface area contributed by atoms with Crippen molar-refractivity contribution >= 4 is 34.0 Å². The molecule has 2 aromatic carbocycles. The first-order valence-corrected chi connectivity index (χ1v) is 7.06. The van der Waals surface area contributed by atoms with Crippen molar-refractivity contribution in [1.29, 1.82) is 0 Å². The van der Waals surface area contributed by atoms with E-state index in [0.717, 1.165) is 5.69 Å². The predicted molar refractivity (Wildman–Crippen MR) is 86.8 cm³/mol. The number of nitrogens with zero attached hydrogens (tertiary/aromatic N) is 1. The fraction of sp³-hybridized carbons (Fsp3) is 0.200. The number of anilines is 2. The third kappa shape index (κ3) is 3.37. The minimum absolute atomic E-state index is 0.235. The van der Waals surface area contributed by atoms with Crippen LogP contribution in [-0.2, 0) is 6.54 Å². The minimum Gasteiger partial charge on any atom is -0.397 e. The third-order valence-electron chi connectivity index (χ3n) is 2.98. The number of nitrogen functional groups attached to an aromatic ring is 1. The van der Waals surface area contributed by atoms with Crippen LogP contribution >= 0.6 is 22.6 Å². The van der Waals surface area contributed by atoms with Gasteiger partial charge in [-0.15, -0.1) is 0 Å². The highest BCUT2D eigenvalue weighted by atomic mass is 127. The molecule has 0 spiro atoms. The maximum absolute atomic E-state index is 13.6. The summed E-state index contributed by atoms with van der Waals surface area (Å²) in [5.74, 6) is -0.235. The molecule has 2 aromatic rings. The summed E-state index contributed by atoms with van der Waals surface area (Å²) in [4.78, 5) is 1.96. The second-order valence-electron chi connectivity index (χ2n) is 4.67. The van der Waals surface area contributed by atoms with Gasteiger partial charge in [0.25, 0.3) is 0 Å². The normalized spacial score (nSPS) is 10.5. The fourth-order valence-corrected chi connectivity index (χ4v) is 2.54. The van der Waals surface area contributed by atoms with Crippen LogP contribution in [0.2, 0.25) is 0 Å². The Morgan fingerprint density at radius 2 is 2.00 bits per heavy atom. The molecule has 4 heteroatoms. The van der Waals surface area contributed by atoms with Gasteiger partial charge in [-0.05, 0) is 41.1 Å². The lowest BCUT2D eigenvalue weighted by Crippen LogP contribution is -2.18. The van der Waals surface area contributed by atoms with Crippen molar-refractivity contribution in [3.63, 3.8) is 0 Å².